The molecule has 2 aliphatic heterocycles. The van der Waals surface area contributed by atoms with Gasteiger partial charge in [-0.25, -0.2) is 4.79 Å². The van der Waals surface area contributed by atoms with Gasteiger partial charge >= 0.3 is 6.03 Å². The fourth-order valence-electron chi connectivity index (χ4n) is 3.92. The Balaban J connectivity index is 1.58. The van der Waals surface area contributed by atoms with Crippen LogP contribution >= 0.6 is 0 Å². The smallest absolute Gasteiger partial charge is 0.322 e. The highest BCUT2D eigenvalue weighted by Crippen LogP contribution is 2.31. The number of hydrogen-bond donors (Lipinski definition) is 1. The van der Waals surface area contributed by atoms with Crippen LogP contribution in [-0.4, -0.2) is 42.6 Å². The summed E-state index contributed by atoms with van der Waals surface area (Å²) in [6.45, 7) is 9.71. The second-order valence-electron chi connectivity index (χ2n) is 7.33. The summed E-state index contributed by atoms with van der Waals surface area (Å²) in [5, 5.41) is 3.19. The lowest BCUT2D eigenvalue weighted by molar-refractivity contribution is 0.139. The minimum absolute atomic E-state index is 0.0594. The van der Waals surface area contributed by atoms with E-state index in [0.717, 1.165) is 25.2 Å². The van der Waals surface area contributed by atoms with Crippen LogP contribution in [0.1, 0.15) is 39.2 Å². The van der Waals surface area contributed by atoms with Crippen LogP contribution in [-0.2, 0) is 6.42 Å². The molecular weight excluding hydrogens is 286 g/mol. The minimum Gasteiger partial charge on any atom is -0.337 e. The van der Waals surface area contributed by atoms with E-state index in [4.69, 9.17) is 0 Å². The van der Waals surface area contributed by atoms with Gasteiger partial charge in [0.2, 0.25) is 0 Å². The summed E-state index contributed by atoms with van der Waals surface area (Å²) in [7, 11) is 0. The Kier molecular flexibility index (Phi) is 4.90. The predicted octanol–water partition coefficient (Wildman–Crippen LogP) is 3.27. The first-order valence-corrected chi connectivity index (χ1v) is 8.95. The van der Waals surface area contributed by atoms with Crippen LogP contribution < -0.4 is 10.2 Å². The van der Waals surface area contributed by atoms with Gasteiger partial charge in [-0.2, -0.15) is 0 Å². The molecule has 1 fully saturated rings. The Bertz CT molecular complexity index is 557. The van der Waals surface area contributed by atoms with Gasteiger partial charge in [0.25, 0.3) is 0 Å². The molecule has 2 amide bonds. The normalized spacial score (nSPS) is 24.8. The van der Waals surface area contributed by atoms with Crippen LogP contribution in [0.5, 0.6) is 0 Å². The lowest BCUT2D eigenvalue weighted by Gasteiger charge is -2.35. The molecule has 0 bridgehead atoms. The third kappa shape index (κ3) is 3.52. The van der Waals surface area contributed by atoms with Crippen molar-refractivity contribution >= 4 is 11.7 Å². The highest BCUT2D eigenvalue weighted by Gasteiger charge is 2.31. The van der Waals surface area contributed by atoms with Crippen LogP contribution in [0.4, 0.5) is 10.5 Å². The molecule has 126 valence electrons. The third-order valence-corrected chi connectivity index (χ3v) is 5.25. The van der Waals surface area contributed by atoms with Crippen LogP contribution in [0.25, 0.3) is 0 Å². The number of likely N-dealkylation sites (tertiary alicyclic amines) is 1. The maximum atomic E-state index is 12.7. The summed E-state index contributed by atoms with van der Waals surface area (Å²) >= 11 is 0. The van der Waals surface area contributed by atoms with Gasteiger partial charge in [0.05, 0.1) is 0 Å². The summed E-state index contributed by atoms with van der Waals surface area (Å²) in [4.78, 5) is 17.1. The molecule has 2 atom stereocenters. The summed E-state index contributed by atoms with van der Waals surface area (Å²) in [5.41, 5.74) is 2.35. The number of nitrogens with zero attached hydrogens (tertiary/aromatic N) is 2. The first-order valence-electron chi connectivity index (χ1n) is 8.95. The Morgan fingerprint density at radius 1 is 1.35 bits per heavy atom. The molecule has 0 aromatic heterocycles. The number of amides is 2. The number of carbonyl (C=O) groups is 1. The van der Waals surface area contributed by atoms with Gasteiger partial charge in [0.1, 0.15) is 0 Å². The van der Waals surface area contributed by atoms with E-state index in [1.165, 1.54) is 24.9 Å². The van der Waals surface area contributed by atoms with Crippen molar-refractivity contribution in [2.24, 2.45) is 5.92 Å². The Morgan fingerprint density at radius 2 is 2.13 bits per heavy atom. The predicted molar refractivity (Wildman–Crippen MR) is 94.9 cm³/mol. The van der Waals surface area contributed by atoms with Gasteiger partial charge in [-0.15, -0.1) is 0 Å². The molecule has 1 aromatic carbocycles. The molecule has 0 spiro atoms. The number of nitrogens with one attached hydrogen (secondary N) is 1. The number of carbonyl (C=O) groups excluding carboxylic acids is 1. The molecule has 4 heteroatoms. The molecule has 4 nitrogen and oxygen atoms in total. The van der Waals surface area contributed by atoms with Crippen LogP contribution in [0.2, 0.25) is 0 Å². The van der Waals surface area contributed by atoms with Crippen molar-refractivity contribution in [1.82, 2.24) is 10.2 Å². The molecule has 2 unspecified atom stereocenters. The van der Waals surface area contributed by atoms with E-state index in [0.29, 0.717) is 12.0 Å². The van der Waals surface area contributed by atoms with Crippen molar-refractivity contribution in [1.29, 1.82) is 0 Å². The Morgan fingerprint density at radius 3 is 2.91 bits per heavy atom. The van der Waals surface area contributed by atoms with Crippen LogP contribution in [0.15, 0.2) is 24.3 Å². The van der Waals surface area contributed by atoms with Gasteiger partial charge in [-0.1, -0.05) is 18.2 Å². The largest absolute Gasteiger partial charge is 0.337 e. The SMILES string of the molecule is CC(C)N1CCCC(CNC(=O)N2c3ccccc3CC2C)C1. The number of fused-ring (bicyclic) bond motifs is 1. The summed E-state index contributed by atoms with van der Waals surface area (Å²) in [5.74, 6) is 0.572. The second kappa shape index (κ2) is 6.91. The molecule has 1 aromatic rings. The van der Waals surface area contributed by atoms with Gasteiger partial charge in [0, 0.05) is 30.9 Å². The Hall–Kier alpha value is -1.55. The summed E-state index contributed by atoms with van der Waals surface area (Å²) in [6, 6.07) is 9.14. The summed E-state index contributed by atoms with van der Waals surface area (Å²) < 4.78 is 0. The molecule has 1 N–H and O–H groups in total. The topological polar surface area (TPSA) is 35.6 Å². The van der Waals surface area contributed by atoms with Crippen molar-refractivity contribution in [2.75, 3.05) is 24.5 Å². The van der Waals surface area contributed by atoms with E-state index in [2.05, 4.69) is 49.2 Å². The number of urea groups is 1. The molecule has 0 aliphatic carbocycles. The standard InChI is InChI=1S/C19H29N3O/c1-14(2)21-10-6-7-16(13-21)12-20-19(23)22-15(3)11-17-8-4-5-9-18(17)22/h4-5,8-9,14-16H,6-7,10-13H2,1-3H3,(H,20,23). The highest BCUT2D eigenvalue weighted by molar-refractivity contribution is 5.94. The average molecular weight is 315 g/mol. The fraction of sp³-hybridized carbons (Fsp3) is 0.632. The van der Waals surface area contributed by atoms with Crippen molar-refractivity contribution < 1.29 is 4.79 Å². The molecule has 0 radical (unpaired) electrons. The van der Waals surface area contributed by atoms with E-state index < -0.39 is 0 Å². The molecule has 2 aliphatic rings. The van der Waals surface area contributed by atoms with Crippen molar-refractivity contribution in [3.8, 4) is 0 Å². The zero-order valence-electron chi connectivity index (χ0n) is 14.6. The third-order valence-electron chi connectivity index (χ3n) is 5.25. The van der Waals surface area contributed by atoms with Gasteiger partial charge in [-0.3, -0.25) is 4.90 Å². The maximum Gasteiger partial charge on any atom is 0.322 e. The minimum atomic E-state index is 0.0594. The lowest BCUT2D eigenvalue weighted by Crippen LogP contribution is -2.48. The number of para-hydroxylation sites is 1. The molecule has 23 heavy (non-hydrogen) atoms. The van der Waals surface area contributed by atoms with Crippen molar-refractivity contribution in [3.63, 3.8) is 0 Å². The quantitative estimate of drug-likeness (QED) is 0.929. The fourth-order valence-corrected chi connectivity index (χ4v) is 3.92. The first-order chi connectivity index (χ1) is 11.1. The zero-order valence-corrected chi connectivity index (χ0v) is 14.6. The summed E-state index contributed by atoms with van der Waals surface area (Å²) in [6.07, 6.45) is 3.41. The number of benzene rings is 1. The van der Waals surface area contributed by atoms with E-state index in [9.17, 15) is 4.79 Å². The Labute approximate surface area is 139 Å². The van der Waals surface area contributed by atoms with Gasteiger partial charge in [0.15, 0.2) is 0 Å². The molecule has 2 heterocycles. The molecule has 3 rings (SSSR count). The molecule has 0 saturated carbocycles. The molecule has 1 saturated heterocycles. The maximum absolute atomic E-state index is 12.7. The van der Waals surface area contributed by atoms with E-state index in [1.54, 1.807) is 0 Å². The van der Waals surface area contributed by atoms with E-state index >= 15 is 0 Å². The number of piperidine rings is 1. The monoisotopic (exact) mass is 315 g/mol. The van der Waals surface area contributed by atoms with Crippen molar-refractivity contribution in [2.45, 2.75) is 52.1 Å². The zero-order chi connectivity index (χ0) is 16.4. The highest BCUT2D eigenvalue weighted by atomic mass is 16.2. The van der Waals surface area contributed by atoms with Gasteiger partial charge in [-0.05, 0) is 64.1 Å². The van der Waals surface area contributed by atoms with E-state index in [1.807, 2.05) is 11.0 Å². The number of anilines is 1. The first kappa shape index (κ1) is 16.3. The lowest BCUT2D eigenvalue weighted by atomic mass is 9.97. The average Bonchev–Trinajstić information content (AvgIpc) is 2.88. The van der Waals surface area contributed by atoms with Gasteiger partial charge < -0.3 is 10.2 Å². The second-order valence-corrected chi connectivity index (χ2v) is 7.33. The van der Waals surface area contributed by atoms with E-state index in [-0.39, 0.29) is 12.1 Å². The number of hydrogen-bond acceptors (Lipinski definition) is 2. The number of rotatable bonds is 3. The van der Waals surface area contributed by atoms with Crippen LogP contribution in [0.3, 0.4) is 0 Å². The van der Waals surface area contributed by atoms with Crippen LogP contribution in [0, 0.1) is 5.92 Å². The van der Waals surface area contributed by atoms with Crippen molar-refractivity contribution in [3.05, 3.63) is 29.8 Å². The molecular formula is C19H29N3O.